The summed E-state index contributed by atoms with van der Waals surface area (Å²) in [6, 6.07) is 13.6. The first-order chi connectivity index (χ1) is 9.54. The number of halogens is 3. The normalized spacial score (nSPS) is 14.1. The molecule has 5 heteroatoms. The molecule has 0 heterocycles. The van der Waals surface area contributed by atoms with Crippen LogP contribution in [0.1, 0.15) is 23.1 Å². The molecule has 0 aliphatic carbocycles. The molecule has 106 valence electrons. The summed E-state index contributed by atoms with van der Waals surface area (Å²) in [7, 11) is 0. The van der Waals surface area contributed by atoms with Gasteiger partial charge in [-0.1, -0.05) is 72.1 Å². The highest BCUT2D eigenvalue weighted by molar-refractivity contribution is 9.11. The fourth-order valence-electron chi connectivity index (χ4n) is 2.16. The zero-order valence-corrected chi connectivity index (χ0v) is 15.3. The molecule has 3 N–H and O–H groups in total. The summed E-state index contributed by atoms with van der Waals surface area (Å²) in [4.78, 5) is 0. The maximum absolute atomic E-state index is 10.7. The highest BCUT2D eigenvalue weighted by Crippen LogP contribution is 2.37. The summed E-state index contributed by atoms with van der Waals surface area (Å²) in [6.45, 7) is 0.367. The van der Waals surface area contributed by atoms with Crippen molar-refractivity contribution in [1.82, 2.24) is 0 Å². The number of hydrogen-bond acceptors (Lipinski definition) is 2. The lowest BCUT2D eigenvalue weighted by Gasteiger charge is -2.24. The van der Waals surface area contributed by atoms with E-state index >= 15 is 0 Å². The number of aliphatic hydroxyl groups is 1. The SMILES string of the molecule is NCC(c1ccccc1Br)C(O)c1ccc(Br)cc1Br. The number of hydrogen-bond donors (Lipinski definition) is 2. The molecular weight excluding hydrogens is 450 g/mol. The van der Waals surface area contributed by atoms with Crippen molar-refractivity contribution >= 4 is 47.8 Å². The van der Waals surface area contributed by atoms with E-state index in [1.807, 2.05) is 42.5 Å². The monoisotopic (exact) mass is 461 g/mol. The molecule has 2 atom stereocenters. The van der Waals surface area contributed by atoms with Crippen molar-refractivity contribution in [2.75, 3.05) is 6.54 Å². The van der Waals surface area contributed by atoms with E-state index in [9.17, 15) is 5.11 Å². The van der Waals surface area contributed by atoms with Gasteiger partial charge in [0, 0.05) is 25.9 Å². The third-order valence-corrected chi connectivity index (χ3v) is 5.12. The van der Waals surface area contributed by atoms with Gasteiger partial charge in [-0.05, 0) is 29.3 Å². The summed E-state index contributed by atoms with van der Waals surface area (Å²) in [5.74, 6) is -0.164. The quantitative estimate of drug-likeness (QED) is 0.687. The van der Waals surface area contributed by atoms with Crippen LogP contribution in [0.25, 0.3) is 0 Å². The molecule has 0 saturated carbocycles. The molecule has 0 aromatic heterocycles. The molecule has 0 amide bonds. The maximum atomic E-state index is 10.7. The summed E-state index contributed by atoms with van der Waals surface area (Å²) in [6.07, 6.45) is -0.666. The molecule has 0 bridgehead atoms. The Hall–Kier alpha value is -0.200. The summed E-state index contributed by atoms with van der Waals surface area (Å²) in [5, 5.41) is 10.7. The molecule has 2 rings (SSSR count). The lowest BCUT2D eigenvalue weighted by Crippen LogP contribution is -2.20. The molecule has 0 fully saturated rings. The number of rotatable bonds is 4. The van der Waals surface area contributed by atoms with Crippen molar-refractivity contribution in [3.63, 3.8) is 0 Å². The molecule has 0 saturated heterocycles. The van der Waals surface area contributed by atoms with Crippen LogP contribution in [0, 0.1) is 0 Å². The van der Waals surface area contributed by atoms with Gasteiger partial charge < -0.3 is 10.8 Å². The lowest BCUT2D eigenvalue weighted by molar-refractivity contribution is 0.146. The van der Waals surface area contributed by atoms with Crippen molar-refractivity contribution < 1.29 is 5.11 Å². The van der Waals surface area contributed by atoms with Crippen molar-refractivity contribution in [2.45, 2.75) is 12.0 Å². The predicted molar refractivity (Wildman–Crippen MR) is 92.7 cm³/mol. The Morgan fingerprint density at radius 3 is 2.25 bits per heavy atom. The van der Waals surface area contributed by atoms with Gasteiger partial charge in [-0.2, -0.15) is 0 Å². The molecule has 0 aliphatic rings. The molecule has 0 spiro atoms. The van der Waals surface area contributed by atoms with Crippen LogP contribution in [0.2, 0.25) is 0 Å². The van der Waals surface area contributed by atoms with Crippen LogP contribution in [0.4, 0.5) is 0 Å². The minimum Gasteiger partial charge on any atom is -0.388 e. The fourth-order valence-corrected chi connectivity index (χ4v) is 4.02. The van der Waals surface area contributed by atoms with Gasteiger partial charge in [0.25, 0.3) is 0 Å². The minimum atomic E-state index is -0.666. The molecule has 0 aliphatic heterocycles. The molecular formula is C15H14Br3NO. The van der Waals surface area contributed by atoms with Gasteiger partial charge in [0.1, 0.15) is 0 Å². The first kappa shape index (κ1) is 16.2. The van der Waals surface area contributed by atoms with E-state index in [1.165, 1.54) is 0 Å². The zero-order chi connectivity index (χ0) is 14.7. The van der Waals surface area contributed by atoms with Crippen LogP contribution in [0.15, 0.2) is 55.9 Å². The van der Waals surface area contributed by atoms with Crippen LogP contribution in [-0.2, 0) is 0 Å². The van der Waals surface area contributed by atoms with E-state index in [0.29, 0.717) is 6.54 Å². The van der Waals surface area contributed by atoms with Crippen LogP contribution < -0.4 is 5.73 Å². The Balaban J connectivity index is 2.39. The zero-order valence-electron chi connectivity index (χ0n) is 10.6. The van der Waals surface area contributed by atoms with Gasteiger partial charge >= 0.3 is 0 Å². The Bertz CT molecular complexity index is 603. The molecule has 0 radical (unpaired) electrons. The second kappa shape index (κ2) is 7.18. The van der Waals surface area contributed by atoms with E-state index in [1.54, 1.807) is 0 Å². The number of aliphatic hydroxyl groups excluding tert-OH is 1. The maximum Gasteiger partial charge on any atom is 0.0881 e. The van der Waals surface area contributed by atoms with Gasteiger partial charge in [-0.3, -0.25) is 0 Å². The Morgan fingerprint density at radius 1 is 0.950 bits per heavy atom. The average molecular weight is 464 g/mol. The van der Waals surface area contributed by atoms with Gasteiger partial charge in [0.05, 0.1) is 6.10 Å². The highest BCUT2D eigenvalue weighted by atomic mass is 79.9. The van der Waals surface area contributed by atoms with E-state index in [2.05, 4.69) is 47.8 Å². The van der Waals surface area contributed by atoms with Crippen molar-refractivity contribution in [2.24, 2.45) is 5.73 Å². The van der Waals surface area contributed by atoms with E-state index in [0.717, 1.165) is 24.5 Å². The summed E-state index contributed by atoms with van der Waals surface area (Å²) < 4.78 is 2.79. The second-order valence-corrected chi connectivity index (χ2v) is 7.10. The molecule has 2 aromatic carbocycles. The first-order valence-corrected chi connectivity index (χ1v) is 8.50. The standard InChI is InChI=1S/C15H14Br3NO/c16-9-5-6-11(14(18)7-9)15(20)12(8-19)10-3-1-2-4-13(10)17/h1-7,12,15,20H,8,19H2. The third kappa shape index (κ3) is 3.52. The molecule has 2 aromatic rings. The fraction of sp³-hybridized carbons (Fsp3) is 0.200. The van der Waals surface area contributed by atoms with Gasteiger partial charge in [0.15, 0.2) is 0 Å². The molecule has 20 heavy (non-hydrogen) atoms. The second-order valence-electron chi connectivity index (χ2n) is 4.47. The van der Waals surface area contributed by atoms with Crippen LogP contribution >= 0.6 is 47.8 Å². The lowest BCUT2D eigenvalue weighted by atomic mass is 9.89. The Morgan fingerprint density at radius 2 is 1.65 bits per heavy atom. The van der Waals surface area contributed by atoms with Gasteiger partial charge in [-0.25, -0.2) is 0 Å². The summed E-state index contributed by atoms with van der Waals surface area (Å²) >= 11 is 10.4. The smallest absolute Gasteiger partial charge is 0.0881 e. The third-order valence-electron chi connectivity index (χ3n) is 3.22. The number of benzene rings is 2. The van der Waals surface area contributed by atoms with E-state index in [-0.39, 0.29) is 5.92 Å². The minimum absolute atomic E-state index is 0.164. The van der Waals surface area contributed by atoms with Crippen LogP contribution in [-0.4, -0.2) is 11.7 Å². The van der Waals surface area contributed by atoms with Gasteiger partial charge in [-0.15, -0.1) is 0 Å². The van der Waals surface area contributed by atoms with Crippen LogP contribution in [0.5, 0.6) is 0 Å². The van der Waals surface area contributed by atoms with Crippen molar-refractivity contribution in [3.8, 4) is 0 Å². The number of nitrogens with two attached hydrogens (primary N) is 1. The molecule has 2 unspecified atom stereocenters. The van der Waals surface area contributed by atoms with Gasteiger partial charge in [0.2, 0.25) is 0 Å². The Labute approximate surface area is 143 Å². The average Bonchev–Trinajstić information content (AvgIpc) is 2.41. The largest absolute Gasteiger partial charge is 0.388 e. The van der Waals surface area contributed by atoms with Crippen molar-refractivity contribution in [3.05, 3.63) is 67.0 Å². The Kier molecular flexibility index (Phi) is 5.81. The molecule has 2 nitrogen and oxygen atoms in total. The summed E-state index contributed by atoms with van der Waals surface area (Å²) in [5.41, 5.74) is 7.73. The predicted octanol–water partition coefficient (Wildman–Crippen LogP) is 4.75. The topological polar surface area (TPSA) is 46.2 Å². The van der Waals surface area contributed by atoms with E-state index in [4.69, 9.17) is 5.73 Å². The van der Waals surface area contributed by atoms with Crippen molar-refractivity contribution in [1.29, 1.82) is 0 Å². The highest BCUT2D eigenvalue weighted by Gasteiger charge is 2.24. The first-order valence-electron chi connectivity index (χ1n) is 6.12. The van der Waals surface area contributed by atoms with Crippen LogP contribution in [0.3, 0.4) is 0 Å². The van der Waals surface area contributed by atoms with E-state index < -0.39 is 6.10 Å².